The van der Waals surface area contributed by atoms with Gasteiger partial charge in [-0.25, -0.2) is 0 Å². The predicted octanol–water partition coefficient (Wildman–Crippen LogP) is 2.56. The minimum absolute atomic E-state index is 0.0333. The van der Waals surface area contributed by atoms with Gasteiger partial charge in [0, 0.05) is 49.9 Å². The summed E-state index contributed by atoms with van der Waals surface area (Å²) in [4.78, 5) is 30.3. The third-order valence-electron chi connectivity index (χ3n) is 4.99. The van der Waals surface area contributed by atoms with Gasteiger partial charge in [0.2, 0.25) is 11.8 Å². The number of aryl methyl sites for hydroxylation is 1. The number of nitrogens with one attached hydrogen (secondary N) is 1. The molecule has 138 valence electrons. The minimum Gasteiger partial charge on any atom is -0.352 e. The van der Waals surface area contributed by atoms with Crippen LogP contribution in [0.4, 0.5) is 5.69 Å². The smallest absolute Gasteiger partial charge is 0.227 e. The second-order valence-corrected chi connectivity index (χ2v) is 6.94. The molecule has 0 bridgehead atoms. The summed E-state index contributed by atoms with van der Waals surface area (Å²) in [5.41, 5.74) is 3.82. The first-order chi connectivity index (χ1) is 13.1. The van der Waals surface area contributed by atoms with E-state index in [1.54, 1.807) is 17.3 Å². The number of rotatable bonds is 5. The Morgan fingerprint density at radius 1 is 1.26 bits per heavy atom. The summed E-state index contributed by atoms with van der Waals surface area (Å²) < 4.78 is 2.04. The molecule has 4 rings (SSSR count). The molecule has 6 heteroatoms. The van der Waals surface area contributed by atoms with E-state index < -0.39 is 0 Å². The summed E-state index contributed by atoms with van der Waals surface area (Å²) in [5.74, 6) is 0.1000. The summed E-state index contributed by atoms with van der Waals surface area (Å²) in [6.07, 6.45) is 7.23. The molecule has 0 aliphatic carbocycles. The highest BCUT2D eigenvalue weighted by Crippen LogP contribution is 2.22. The topological polar surface area (TPSA) is 67.2 Å². The van der Waals surface area contributed by atoms with Crippen LogP contribution in [0, 0.1) is 0 Å². The summed E-state index contributed by atoms with van der Waals surface area (Å²) in [5, 5.41) is 4.06. The Hall–Kier alpha value is -3.15. The molecule has 6 nitrogen and oxygen atoms in total. The summed E-state index contributed by atoms with van der Waals surface area (Å²) in [7, 11) is 1.99. The highest BCUT2D eigenvalue weighted by Gasteiger charge is 2.22. The quantitative estimate of drug-likeness (QED) is 0.758. The van der Waals surface area contributed by atoms with E-state index in [0.29, 0.717) is 19.4 Å². The zero-order chi connectivity index (χ0) is 18.8. The molecule has 0 saturated carbocycles. The molecule has 1 saturated heterocycles. The molecule has 2 amide bonds. The van der Waals surface area contributed by atoms with Crippen molar-refractivity contribution in [1.29, 1.82) is 0 Å². The molecular formula is C21H22N4O2. The van der Waals surface area contributed by atoms with E-state index in [0.717, 1.165) is 40.7 Å². The van der Waals surface area contributed by atoms with Gasteiger partial charge in [-0.2, -0.15) is 0 Å². The highest BCUT2D eigenvalue weighted by molar-refractivity contribution is 5.95. The number of hydrogen-bond donors (Lipinski definition) is 1. The number of anilines is 1. The lowest BCUT2D eigenvalue weighted by atomic mass is 10.1. The molecule has 0 radical (unpaired) electrons. The highest BCUT2D eigenvalue weighted by atomic mass is 16.2. The Kier molecular flexibility index (Phi) is 4.62. The van der Waals surface area contributed by atoms with Crippen LogP contribution in [0.3, 0.4) is 0 Å². The van der Waals surface area contributed by atoms with Gasteiger partial charge in [0.25, 0.3) is 0 Å². The number of aromatic nitrogens is 2. The van der Waals surface area contributed by atoms with Crippen LogP contribution in [0.2, 0.25) is 0 Å². The van der Waals surface area contributed by atoms with Gasteiger partial charge < -0.3 is 14.8 Å². The number of nitrogens with zero attached hydrogens (tertiary/aromatic N) is 3. The maximum absolute atomic E-state index is 12.4. The fourth-order valence-corrected chi connectivity index (χ4v) is 3.64. The number of para-hydroxylation sites is 1. The van der Waals surface area contributed by atoms with Gasteiger partial charge in [-0.15, -0.1) is 0 Å². The summed E-state index contributed by atoms with van der Waals surface area (Å²) in [6, 6.07) is 10.00. The lowest BCUT2D eigenvalue weighted by Gasteiger charge is -2.16. The Morgan fingerprint density at radius 2 is 2.11 bits per heavy atom. The van der Waals surface area contributed by atoms with Gasteiger partial charge in [-0.1, -0.05) is 18.2 Å². The van der Waals surface area contributed by atoms with Crippen LogP contribution < -0.4 is 10.2 Å². The van der Waals surface area contributed by atoms with Gasteiger partial charge in [-0.3, -0.25) is 14.6 Å². The van der Waals surface area contributed by atoms with Gasteiger partial charge in [0.1, 0.15) is 0 Å². The molecule has 1 aromatic carbocycles. The first kappa shape index (κ1) is 17.3. The molecule has 1 aliphatic heterocycles. The van der Waals surface area contributed by atoms with E-state index in [-0.39, 0.29) is 11.8 Å². The second kappa shape index (κ2) is 7.23. The van der Waals surface area contributed by atoms with Crippen LogP contribution in [-0.2, 0) is 29.6 Å². The average molecular weight is 362 g/mol. The number of hydrogen-bond acceptors (Lipinski definition) is 3. The van der Waals surface area contributed by atoms with Crippen molar-refractivity contribution in [2.75, 3.05) is 11.4 Å². The fraction of sp³-hybridized carbons (Fsp3) is 0.286. The zero-order valence-electron chi connectivity index (χ0n) is 15.3. The molecule has 2 aromatic heterocycles. The molecule has 0 spiro atoms. The molecule has 27 heavy (non-hydrogen) atoms. The van der Waals surface area contributed by atoms with E-state index in [1.807, 2.05) is 48.1 Å². The number of amides is 2. The Labute approximate surface area is 157 Å². The average Bonchev–Trinajstić information content (AvgIpc) is 3.24. The van der Waals surface area contributed by atoms with E-state index >= 15 is 0 Å². The van der Waals surface area contributed by atoms with Crippen molar-refractivity contribution in [3.63, 3.8) is 0 Å². The Bertz CT molecular complexity index is 1010. The van der Waals surface area contributed by atoms with E-state index in [4.69, 9.17) is 0 Å². The molecular weight excluding hydrogens is 340 g/mol. The maximum atomic E-state index is 12.4. The van der Waals surface area contributed by atoms with Crippen molar-refractivity contribution in [3.8, 4) is 0 Å². The SMILES string of the molecule is Cn1cc(CC(=O)NCc2cncc(N3CCCC3=O)c2)c2ccccc21. The number of fused-ring (bicyclic) bond motifs is 1. The molecule has 1 fully saturated rings. The van der Waals surface area contributed by atoms with Gasteiger partial charge in [0.05, 0.1) is 18.3 Å². The van der Waals surface area contributed by atoms with E-state index in [2.05, 4.69) is 10.3 Å². The zero-order valence-corrected chi connectivity index (χ0v) is 15.3. The number of pyridine rings is 1. The van der Waals surface area contributed by atoms with Crippen LogP contribution in [-0.4, -0.2) is 27.9 Å². The van der Waals surface area contributed by atoms with Gasteiger partial charge in [0.15, 0.2) is 0 Å². The standard InChI is InChI=1S/C21H22N4O2/c1-24-14-16(18-5-2-3-6-19(18)24)10-20(26)23-12-15-9-17(13-22-11-15)25-8-4-7-21(25)27/h2-3,5-6,9,11,13-14H,4,7-8,10,12H2,1H3,(H,23,26). The number of carbonyl (C=O) groups excluding carboxylic acids is 2. The summed E-state index contributed by atoms with van der Waals surface area (Å²) >= 11 is 0. The van der Waals surface area contributed by atoms with Crippen molar-refractivity contribution >= 4 is 28.4 Å². The largest absolute Gasteiger partial charge is 0.352 e. The molecule has 0 unspecified atom stereocenters. The molecule has 1 aliphatic rings. The minimum atomic E-state index is -0.0333. The second-order valence-electron chi connectivity index (χ2n) is 6.94. The van der Waals surface area contributed by atoms with Gasteiger partial charge in [-0.05, 0) is 29.7 Å². The van der Waals surface area contributed by atoms with Crippen molar-refractivity contribution in [2.24, 2.45) is 7.05 Å². The third-order valence-corrected chi connectivity index (χ3v) is 4.99. The van der Waals surface area contributed by atoms with Crippen molar-refractivity contribution in [1.82, 2.24) is 14.9 Å². The summed E-state index contributed by atoms with van der Waals surface area (Å²) in [6.45, 7) is 1.13. The molecule has 3 aromatic rings. The van der Waals surface area contributed by atoms with Gasteiger partial charge >= 0.3 is 0 Å². The fourth-order valence-electron chi connectivity index (χ4n) is 3.64. The Balaban J connectivity index is 1.41. The van der Waals surface area contributed by atoms with Crippen molar-refractivity contribution in [3.05, 3.63) is 60.0 Å². The van der Waals surface area contributed by atoms with E-state index in [9.17, 15) is 9.59 Å². The lowest BCUT2D eigenvalue weighted by Crippen LogP contribution is -2.26. The van der Waals surface area contributed by atoms with Crippen LogP contribution >= 0.6 is 0 Å². The van der Waals surface area contributed by atoms with Crippen molar-refractivity contribution in [2.45, 2.75) is 25.8 Å². The lowest BCUT2D eigenvalue weighted by molar-refractivity contribution is -0.120. The third kappa shape index (κ3) is 3.56. The normalized spacial score (nSPS) is 14.1. The molecule has 3 heterocycles. The first-order valence-electron chi connectivity index (χ1n) is 9.16. The first-order valence-corrected chi connectivity index (χ1v) is 9.16. The molecule has 0 atom stereocenters. The van der Waals surface area contributed by atoms with Crippen molar-refractivity contribution < 1.29 is 9.59 Å². The predicted molar refractivity (Wildman–Crippen MR) is 104 cm³/mol. The number of carbonyl (C=O) groups is 2. The monoisotopic (exact) mass is 362 g/mol. The van der Waals surface area contributed by atoms with Crippen LogP contribution in [0.15, 0.2) is 48.9 Å². The molecule has 1 N–H and O–H groups in total. The number of benzene rings is 1. The van der Waals surface area contributed by atoms with Crippen LogP contribution in [0.5, 0.6) is 0 Å². The Morgan fingerprint density at radius 3 is 2.93 bits per heavy atom. The maximum Gasteiger partial charge on any atom is 0.227 e. The van der Waals surface area contributed by atoms with Crippen LogP contribution in [0.25, 0.3) is 10.9 Å². The van der Waals surface area contributed by atoms with E-state index in [1.165, 1.54) is 0 Å². The van der Waals surface area contributed by atoms with Crippen LogP contribution in [0.1, 0.15) is 24.0 Å².